The van der Waals surface area contributed by atoms with Crippen molar-refractivity contribution < 1.29 is 9.90 Å². The molecule has 0 radical (unpaired) electrons. The van der Waals surface area contributed by atoms with Gasteiger partial charge in [0.05, 0.1) is 5.60 Å². The number of nitrogens with one attached hydrogen (secondary N) is 1. The number of aliphatic hydroxyl groups is 1. The van der Waals surface area contributed by atoms with Gasteiger partial charge < -0.3 is 15.3 Å². The van der Waals surface area contributed by atoms with Crippen molar-refractivity contribution >= 4 is 5.91 Å². The molecule has 0 aromatic heterocycles. The van der Waals surface area contributed by atoms with Gasteiger partial charge in [0.1, 0.15) is 0 Å². The van der Waals surface area contributed by atoms with Crippen LogP contribution in [0.4, 0.5) is 0 Å². The zero-order valence-electron chi connectivity index (χ0n) is 11.3. The lowest BCUT2D eigenvalue weighted by Crippen LogP contribution is -2.52. The molecule has 0 aromatic carbocycles. The van der Waals surface area contributed by atoms with Crippen LogP contribution in [-0.2, 0) is 4.79 Å². The van der Waals surface area contributed by atoms with Crippen LogP contribution in [0.1, 0.15) is 40.0 Å². The predicted octanol–water partition coefficient (Wildman–Crippen LogP) is 0.995. The van der Waals surface area contributed by atoms with Crippen molar-refractivity contribution in [2.24, 2.45) is 5.92 Å². The van der Waals surface area contributed by atoms with Crippen LogP contribution in [0.15, 0.2) is 0 Å². The highest BCUT2D eigenvalue weighted by molar-refractivity contribution is 5.78. The van der Waals surface area contributed by atoms with Crippen molar-refractivity contribution in [2.45, 2.75) is 45.6 Å². The molecule has 1 rings (SSSR count). The van der Waals surface area contributed by atoms with E-state index in [2.05, 4.69) is 12.2 Å². The molecule has 17 heavy (non-hydrogen) atoms. The topological polar surface area (TPSA) is 52.6 Å². The van der Waals surface area contributed by atoms with Crippen LogP contribution in [0.25, 0.3) is 0 Å². The SMILES string of the molecule is CCCNCC1(O)CCN(C(=O)C(C)C)CC1. The van der Waals surface area contributed by atoms with Crippen LogP contribution in [0, 0.1) is 5.92 Å². The van der Waals surface area contributed by atoms with E-state index >= 15 is 0 Å². The van der Waals surface area contributed by atoms with Crippen LogP contribution in [0.3, 0.4) is 0 Å². The summed E-state index contributed by atoms with van der Waals surface area (Å²) in [6.07, 6.45) is 2.44. The monoisotopic (exact) mass is 242 g/mol. The molecule has 0 aliphatic carbocycles. The van der Waals surface area contributed by atoms with E-state index < -0.39 is 5.60 Å². The Kier molecular flexibility index (Phi) is 5.40. The van der Waals surface area contributed by atoms with E-state index in [9.17, 15) is 9.90 Å². The lowest BCUT2D eigenvalue weighted by atomic mass is 9.91. The van der Waals surface area contributed by atoms with Crippen molar-refractivity contribution in [1.29, 1.82) is 0 Å². The van der Waals surface area contributed by atoms with Gasteiger partial charge in [-0.15, -0.1) is 0 Å². The van der Waals surface area contributed by atoms with Gasteiger partial charge in [0.15, 0.2) is 0 Å². The zero-order chi connectivity index (χ0) is 12.9. The molecule has 1 heterocycles. The first-order valence-corrected chi connectivity index (χ1v) is 6.70. The third-order valence-electron chi connectivity index (χ3n) is 3.38. The van der Waals surface area contributed by atoms with E-state index in [0.717, 1.165) is 13.0 Å². The Morgan fingerprint density at radius 3 is 2.47 bits per heavy atom. The first-order chi connectivity index (χ1) is 7.98. The van der Waals surface area contributed by atoms with Gasteiger partial charge in [0.2, 0.25) is 5.91 Å². The van der Waals surface area contributed by atoms with Crippen LogP contribution < -0.4 is 5.32 Å². The highest BCUT2D eigenvalue weighted by atomic mass is 16.3. The van der Waals surface area contributed by atoms with Crippen molar-refractivity contribution in [3.8, 4) is 0 Å². The third kappa shape index (κ3) is 4.28. The Bertz CT molecular complexity index is 246. The van der Waals surface area contributed by atoms with E-state index in [1.165, 1.54) is 0 Å². The number of likely N-dealkylation sites (tertiary alicyclic amines) is 1. The van der Waals surface area contributed by atoms with Gasteiger partial charge in [0, 0.05) is 25.6 Å². The maximum atomic E-state index is 11.8. The maximum Gasteiger partial charge on any atom is 0.225 e. The van der Waals surface area contributed by atoms with Gasteiger partial charge >= 0.3 is 0 Å². The van der Waals surface area contributed by atoms with E-state index in [0.29, 0.717) is 32.5 Å². The molecule has 0 spiro atoms. The largest absolute Gasteiger partial charge is 0.388 e. The highest BCUT2D eigenvalue weighted by Gasteiger charge is 2.33. The first kappa shape index (κ1) is 14.5. The minimum Gasteiger partial charge on any atom is -0.388 e. The van der Waals surface area contributed by atoms with Gasteiger partial charge in [-0.05, 0) is 25.8 Å². The first-order valence-electron chi connectivity index (χ1n) is 6.70. The van der Waals surface area contributed by atoms with Crippen LogP contribution in [-0.4, -0.2) is 47.7 Å². The minimum atomic E-state index is -0.622. The smallest absolute Gasteiger partial charge is 0.225 e. The Balaban J connectivity index is 2.36. The number of amides is 1. The quantitative estimate of drug-likeness (QED) is 0.707. The number of nitrogens with zero attached hydrogens (tertiary/aromatic N) is 1. The lowest BCUT2D eigenvalue weighted by Gasteiger charge is -2.39. The summed E-state index contributed by atoms with van der Waals surface area (Å²) in [5.74, 6) is 0.257. The average Bonchev–Trinajstić information content (AvgIpc) is 2.29. The van der Waals surface area contributed by atoms with Gasteiger partial charge in [0.25, 0.3) is 0 Å². The fourth-order valence-corrected chi connectivity index (χ4v) is 2.18. The Labute approximate surface area is 104 Å². The van der Waals surface area contributed by atoms with Crippen LogP contribution in [0.5, 0.6) is 0 Å². The summed E-state index contributed by atoms with van der Waals surface area (Å²) < 4.78 is 0. The summed E-state index contributed by atoms with van der Waals surface area (Å²) in [6, 6.07) is 0. The molecule has 100 valence electrons. The summed E-state index contributed by atoms with van der Waals surface area (Å²) in [7, 11) is 0. The molecule has 0 saturated carbocycles. The van der Waals surface area contributed by atoms with Crippen LogP contribution >= 0.6 is 0 Å². The second-order valence-electron chi connectivity index (χ2n) is 5.38. The summed E-state index contributed by atoms with van der Waals surface area (Å²) in [5, 5.41) is 13.6. The molecule has 0 atom stereocenters. The van der Waals surface area contributed by atoms with Gasteiger partial charge in [-0.3, -0.25) is 4.79 Å². The van der Waals surface area contributed by atoms with E-state index in [1.54, 1.807) is 0 Å². The Morgan fingerprint density at radius 1 is 1.41 bits per heavy atom. The fourth-order valence-electron chi connectivity index (χ4n) is 2.18. The molecular weight excluding hydrogens is 216 g/mol. The molecule has 1 aliphatic rings. The summed E-state index contributed by atoms with van der Waals surface area (Å²) >= 11 is 0. The highest BCUT2D eigenvalue weighted by Crippen LogP contribution is 2.22. The van der Waals surface area contributed by atoms with E-state index in [-0.39, 0.29) is 11.8 Å². The van der Waals surface area contributed by atoms with E-state index in [4.69, 9.17) is 0 Å². The van der Waals surface area contributed by atoms with Crippen LogP contribution in [0.2, 0.25) is 0 Å². The molecular formula is C13H26N2O2. The molecule has 0 aromatic rings. The summed E-state index contributed by atoms with van der Waals surface area (Å²) in [6.45, 7) is 8.91. The molecule has 1 saturated heterocycles. The molecule has 2 N–H and O–H groups in total. The lowest BCUT2D eigenvalue weighted by molar-refractivity contribution is -0.138. The van der Waals surface area contributed by atoms with Crippen molar-refractivity contribution in [3.05, 3.63) is 0 Å². The predicted molar refractivity (Wildman–Crippen MR) is 68.8 cm³/mol. The number of carbonyl (C=O) groups is 1. The Morgan fingerprint density at radius 2 is 2.00 bits per heavy atom. The molecule has 4 nitrogen and oxygen atoms in total. The second-order valence-corrected chi connectivity index (χ2v) is 5.38. The molecule has 1 aliphatic heterocycles. The maximum absolute atomic E-state index is 11.8. The van der Waals surface area contributed by atoms with Crippen molar-refractivity contribution in [2.75, 3.05) is 26.2 Å². The summed E-state index contributed by atoms with van der Waals surface area (Å²) in [5.41, 5.74) is -0.622. The Hall–Kier alpha value is -0.610. The molecule has 4 heteroatoms. The van der Waals surface area contributed by atoms with Gasteiger partial charge in [-0.25, -0.2) is 0 Å². The number of carbonyl (C=O) groups excluding carboxylic acids is 1. The number of rotatable bonds is 5. The normalized spacial score (nSPS) is 19.7. The fraction of sp³-hybridized carbons (Fsp3) is 0.923. The zero-order valence-corrected chi connectivity index (χ0v) is 11.3. The minimum absolute atomic E-state index is 0.0550. The molecule has 0 bridgehead atoms. The molecule has 0 unspecified atom stereocenters. The molecule has 1 amide bonds. The van der Waals surface area contributed by atoms with Crippen molar-refractivity contribution in [1.82, 2.24) is 10.2 Å². The van der Waals surface area contributed by atoms with Crippen molar-refractivity contribution in [3.63, 3.8) is 0 Å². The third-order valence-corrected chi connectivity index (χ3v) is 3.38. The molecule has 1 fully saturated rings. The van der Waals surface area contributed by atoms with Gasteiger partial charge in [-0.1, -0.05) is 20.8 Å². The number of hydrogen-bond acceptors (Lipinski definition) is 3. The summed E-state index contributed by atoms with van der Waals surface area (Å²) in [4.78, 5) is 13.7. The second kappa shape index (κ2) is 6.36. The number of piperidine rings is 1. The number of hydrogen-bond donors (Lipinski definition) is 2. The standard InChI is InChI=1S/C13H26N2O2/c1-4-7-14-10-13(17)5-8-15(9-6-13)12(16)11(2)3/h11,14,17H,4-10H2,1-3H3. The van der Waals surface area contributed by atoms with Gasteiger partial charge in [-0.2, -0.15) is 0 Å². The average molecular weight is 242 g/mol. The van der Waals surface area contributed by atoms with E-state index in [1.807, 2.05) is 18.7 Å².